The van der Waals surface area contributed by atoms with Gasteiger partial charge >= 0.3 is 0 Å². The second-order valence-corrected chi connectivity index (χ2v) is 6.46. The molecule has 0 unspecified atom stereocenters. The van der Waals surface area contributed by atoms with Crippen molar-refractivity contribution in [1.82, 2.24) is 19.1 Å². The molecule has 4 rings (SSSR count). The molecule has 1 aliphatic rings. The summed E-state index contributed by atoms with van der Waals surface area (Å²) in [5.41, 5.74) is 1.57. The van der Waals surface area contributed by atoms with Gasteiger partial charge in [-0.25, -0.2) is 9.97 Å². The highest BCUT2D eigenvalue weighted by atomic mass is 35.5. The van der Waals surface area contributed by atoms with E-state index in [0.717, 1.165) is 23.2 Å². The van der Waals surface area contributed by atoms with Crippen molar-refractivity contribution in [2.24, 2.45) is 7.05 Å². The van der Waals surface area contributed by atoms with Crippen LogP contribution < -0.4 is 0 Å². The number of benzene rings is 1. The van der Waals surface area contributed by atoms with E-state index in [9.17, 15) is 0 Å². The Morgan fingerprint density at radius 1 is 1.05 bits per heavy atom. The number of nitrogens with zero attached hydrogens (tertiary/aromatic N) is 4. The average molecular weight is 313 g/mol. The molecule has 112 valence electrons. The molecule has 1 saturated carbocycles. The van der Waals surface area contributed by atoms with Crippen molar-refractivity contribution in [2.45, 2.75) is 24.8 Å². The number of hydrogen-bond acceptors (Lipinski definition) is 2. The van der Waals surface area contributed by atoms with Gasteiger partial charge in [0, 0.05) is 48.8 Å². The summed E-state index contributed by atoms with van der Waals surface area (Å²) in [6.07, 6.45) is 10.0. The molecule has 1 aromatic carbocycles. The van der Waals surface area contributed by atoms with E-state index >= 15 is 0 Å². The number of hydrogen-bond donors (Lipinski definition) is 0. The molecule has 0 saturated heterocycles. The second kappa shape index (κ2) is 4.99. The van der Waals surface area contributed by atoms with Crippen molar-refractivity contribution in [2.75, 3.05) is 0 Å². The molecule has 0 atom stereocenters. The fourth-order valence-corrected chi connectivity index (χ4v) is 3.17. The molecular formula is C17H17ClN4. The van der Waals surface area contributed by atoms with Crippen LogP contribution >= 0.6 is 11.6 Å². The highest BCUT2D eigenvalue weighted by molar-refractivity contribution is 6.30. The summed E-state index contributed by atoms with van der Waals surface area (Å²) in [6.45, 7) is 0.927. The molecule has 4 nitrogen and oxygen atoms in total. The Balaban J connectivity index is 1.66. The van der Waals surface area contributed by atoms with Crippen LogP contribution in [0.1, 0.15) is 18.4 Å². The van der Waals surface area contributed by atoms with Gasteiger partial charge in [-0.15, -0.1) is 0 Å². The third kappa shape index (κ3) is 2.24. The zero-order valence-electron chi connectivity index (χ0n) is 12.4. The van der Waals surface area contributed by atoms with E-state index in [4.69, 9.17) is 11.6 Å². The van der Waals surface area contributed by atoms with Crippen molar-refractivity contribution in [1.29, 1.82) is 0 Å². The Bertz CT molecular complexity index is 796. The summed E-state index contributed by atoms with van der Waals surface area (Å²) >= 11 is 6.01. The molecule has 0 aliphatic heterocycles. The topological polar surface area (TPSA) is 35.6 Å². The molecule has 22 heavy (non-hydrogen) atoms. The zero-order valence-corrected chi connectivity index (χ0v) is 13.2. The van der Waals surface area contributed by atoms with Crippen LogP contribution in [-0.4, -0.2) is 19.1 Å². The number of aryl methyl sites for hydroxylation is 1. The zero-order chi connectivity index (χ0) is 15.2. The van der Waals surface area contributed by atoms with Crippen molar-refractivity contribution < 1.29 is 0 Å². The first-order valence-corrected chi connectivity index (χ1v) is 7.81. The molecule has 1 aliphatic carbocycles. The number of aromatic nitrogens is 4. The van der Waals surface area contributed by atoms with Crippen LogP contribution in [0.5, 0.6) is 0 Å². The maximum absolute atomic E-state index is 6.01. The number of rotatable bonds is 4. The van der Waals surface area contributed by atoms with Crippen LogP contribution in [0, 0.1) is 0 Å². The maximum atomic E-state index is 6.01. The van der Waals surface area contributed by atoms with Crippen LogP contribution in [-0.2, 0) is 19.0 Å². The van der Waals surface area contributed by atoms with Crippen LogP contribution in [0.3, 0.4) is 0 Å². The molecule has 2 heterocycles. The van der Waals surface area contributed by atoms with Gasteiger partial charge in [0.15, 0.2) is 11.6 Å². The maximum Gasteiger partial charge on any atom is 0.176 e. The molecule has 0 amide bonds. The lowest BCUT2D eigenvalue weighted by Crippen LogP contribution is -2.17. The molecule has 1 fully saturated rings. The summed E-state index contributed by atoms with van der Waals surface area (Å²) in [7, 11) is 1.99. The second-order valence-electron chi connectivity index (χ2n) is 6.03. The van der Waals surface area contributed by atoms with E-state index in [-0.39, 0.29) is 5.41 Å². The third-order valence-electron chi connectivity index (χ3n) is 4.52. The molecule has 0 N–H and O–H groups in total. The Hall–Kier alpha value is -2.07. The molecule has 0 bridgehead atoms. The van der Waals surface area contributed by atoms with Crippen molar-refractivity contribution in [3.8, 4) is 11.6 Å². The van der Waals surface area contributed by atoms with Gasteiger partial charge in [-0.2, -0.15) is 0 Å². The molecule has 0 spiro atoms. The Morgan fingerprint density at radius 3 is 2.36 bits per heavy atom. The normalized spacial score (nSPS) is 15.9. The molecule has 3 aromatic rings. The van der Waals surface area contributed by atoms with Gasteiger partial charge in [-0.3, -0.25) is 0 Å². The van der Waals surface area contributed by atoms with E-state index in [1.165, 1.54) is 18.4 Å². The predicted octanol–water partition coefficient (Wildman–Crippen LogP) is 3.67. The first-order valence-electron chi connectivity index (χ1n) is 7.43. The molecule has 5 heteroatoms. The Morgan fingerprint density at radius 2 is 1.73 bits per heavy atom. The standard InChI is InChI=1S/C17H17ClN4/c1-21-10-8-19-15(21)16-20-9-11-22(16)12-17(6-7-17)13-2-4-14(18)5-3-13/h2-5,8-11H,6-7,12H2,1H3. The van der Waals surface area contributed by atoms with Gasteiger partial charge in [0.1, 0.15) is 0 Å². The fraction of sp³-hybridized carbons (Fsp3) is 0.294. The lowest BCUT2D eigenvalue weighted by molar-refractivity contribution is 0.550. The lowest BCUT2D eigenvalue weighted by Gasteiger charge is -2.18. The highest BCUT2D eigenvalue weighted by Gasteiger charge is 2.44. The van der Waals surface area contributed by atoms with Gasteiger partial charge in [0.2, 0.25) is 0 Å². The molecule has 2 aromatic heterocycles. The minimum atomic E-state index is 0.213. The van der Waals surface area contributed by atoms with E-state index in [1.54, 1.807) is 6.20 Å². The summed E-state index contributed by atoms with van der Waals surface area (Å²) < 4.78 is 4.21. The van der Waals surface area contributed by atoms with Gasteiger partial charge in [0.25, 0.3) is 0 Å². The van der Waals surface area contributed by atoms with Gasteiger partial charge in [0.05, 0.1) is 0 Å². The lowest BCUT2D eigenvalue weighted by atomic mass is 9.96. The largest absolute Gasteiger partial charge is 0.331 e. The van der Waals surface area contributed by atoms with Crippen molar-refractivity contribution in [3.05, 3.63) is 59.6 Å². The predicted molar refractivity (Wildman–Crippen MR) is 86.8 cm³/mol. The van der Waals surface area contributed by atoms with Crippen LogP contribution in [0.25, 0.3) is 11.6 Å². The van der Waals surface area contributed by atoms with Crippen molar-refractivity contribution in [3.63, 3.8) is 0 Å². The van der Waals surface area contributed by atoms with Gasteiger partial charge in [-0.1, -0.05) is 23.7 Å². The van der Waals surface area contributed by atoms with E-state index < -0.39 is 0 Å². The highest BCUT2D eigenvalue weighted by Crippen LogP contribution is 2.50. The number of halogens is 1. The van der Waals surface area contributed by atoms with Gasteiger partial charge in [-0.05, 0) is 30.5 Å². The summed E-state index contributed by atoms with van der Waals surface area (Å²) in [5.74, 6) is 1.82. The van der Waals surface area contributed by atoms with Crippen LogP contribution in [0.15, 0.2) is 49.1 Å². The number of imidazole rings is 2. The van der Waals surface area contributed by atoms with Gasteiger partial charge < -0.3 is 9.13 Å². The third-order valence-corrected chi connectivity index (χ3v) is 4.77. The van der Waals surface area contributed by atoms with E-state index in [1.807, 2.05) is 42.3 Å². The van der Waals surface area contributed by atoms with E-state index in [2.05, 4.69) is 26.7 Å². The first-order chi connectivity index (χ1) is 10.7. The summed E-state index contributed by atoms with van der Waals surface area (Å²) in [5, 5.41) is 0.788. The summed E-state index contributed by atoms with van der Waals surface area (Å²) in [4.78, 5) is 8.91. The summed E-state index contributed by atoms with van der Waals surface area (Å²) in [6, 6.07) is 8.24. The monoisotopic (exact) mass is 312 g/mol. The average Bonchev–Trinajstić information content (AvgIpc) is 2.94. The quantitative estimate of drug-likeness (QED) is 0.737. The molecular weight excluding hydrogens is 296 g/mol. The smallest absolute Gasteiger partial charge is 0.176 e. The van der Waals surface area contributed by atoms with E-state index in [0.29, 0.717) is 0 Å². The minimum absolute atomic E-state index is 0.213. The first kappa shape index (κ1) is 13.6. The fourth-order valence-electron chi connectivity index (χ4n) is 3.04. The Kier molecular flexibility index (Phi) is 3.08. The van der Waals surface area contributed by atoms with Crippen LogP contribution in [0.4, 0.5) is 0 Å². The van der Waals surface area contributed by atoms with Crippen LogP contribution in [0.2, 0.25) is 5.02 Å². The minimum Gasteiger partial charge on any atom is -0.331 e. The van der Waals surface area contributed by atoms with Crippen molar-refractivity contribution >= 4 is 11.6 Å². The Labute approximate surface area is 134 Å². The molecule has 0 radical (unpaired) electrons. The SMILES string of the molecule is Cn1ccnc1-c1nccn1CC1(c2ccc(Cl)cc2)CC1.